The van der Waals surface area contributed by atoms with Crippen LogP contribution in [0.1, 0.15) is 18.4 Å². The molecular weight excluding hydrogens is 396 g/mol. The van der Waals surface area contributed by atoms with E-state index in [1.165, 1.54) is 13.5 Å². The van der Waals surface area contributed by atoms with Crippen molar-refractivity contribution < 1.29 is 18.7 Å². The van der Waals surface area contributed by atoms with E-state index < -0.39 is 0 Å². The molecule has 7 heteroatoms. The number of benzene rings is 2. The zero-order valence-corrected chi connectivity index (χ0v) is 17.3. The van der Waals surface area contributed by atoms with Crippen LogP contribution in [0.2, 0.25) is 0 Å². The van der Waals surface area contributed by atoms with Gasteiger partial charge in [0.1, 0.15) is 5.75 Å². The lowest BCUT2D eigenvalue weighted by Crippen LogP contribution is -2.04. The van der Waals surface area contributed by atoms with Gasteiger partial charge in [-0.15, -0.1) is 0 Å². The Morgan fingerprint density at radius 1 is 1.13 bits per heavy atom. The van der Waals surface area contributed by atoms with Crippen LogP contribution in [0.15, 0.2) is 64.3 Å². The minimum atomic E-state index is -0.202. The van der Waals surface area contributed by atoms with Gasteiger partial charge in [-0.05, 0) is 30.0 Å². The topological polar surface area (TPSA) is 94.4 Å². The van der Waals surface area contributed by atoms with Gasteiger partial charge < -0.3 is 18.9 Å². The molecule has 0 aliphatic heterocycles. The van der Waals surface area contributed by atoms with E-state index in [-0.39, 0.29) is 11.4 Å². The van der Waals surface area contributed by atoms with Crippen molar-refractivity contribution in [3.63, 3.8) is 0 Å². The molecule has 0 aliphatic rings. The summed E-state index contributed by atoms with van der Waals surface area (Å²) in [4.78, 5) is 31.4. The summed E-state index contributed by atoms with van der Waals surface area (Å²) in [7, 11) is 2.97. The lowest BCUT2D eigenvalue weighted by atomic mass is 10.0. The van der Waals surface area contributed by atoms with E-state index in [0.29, 0.717) is 40.1 Å². The highest BCUT2D eigenvalue weighted by Crippen LogP contribution is 2.33. The van der Waals surface area contributed by atoms with Crippen molar-refractivity contribution in [1.82, 2.24) is 9.97 Å². The summed E-state index contributed by atoms with van der Waals surface area (Å²) in [6.45, 7) is 0. The minimum Gasteiger partial charge on any atom is -0.496 e. The van der Waals surface area contributed by atoms with Gasteiger partial charge in [-0.1, -0.05) is 24.3 Å². The van der Waals surface area contributed by atoms with Gasteiger partial charge in [0.05, 0.1) is 31.5 Å². The predicted octanol–water partition coefficient (Wildman–Crippen LogP) is 4.35. The largest absolute Gasteiger partial charge is 0.496 e. The molecule has 0 bridgehead atoms. The first-order chi connectivity index (χ1) is 15.1. The van der Waals surface area contributed by atoms with E-state index in [0.717, 1.165) is 24.0 Å². The van der Waals surface area contributed by atoms with Gasteiger partial charge in [-0.25, -0.2) is 4.98 Å². The normalized spacial score (nSPS) is 10.9. The Balaban J connectivity index is 1.64. The molecular formula is C24H22N2O5. The van der Waals surface area contributed by atoms with Crippen molar-refractivity contribution in [2.75, 3.05) is 14.2 Å². The highest BCUT2D eigenvalue weighted by Gasteiger charge is 2.14. The highest BCUT2D eigenvalue weighted by atomic mass is 16.5. The number of ether oxygens (including phenoxy) is 2. The predicted molar refractivity (Wildman–Crippen MR) is 117 cm³/mol. The Bertz CT molecular complexity index is 1260. The minimum absolute atomic E-state index is 0.102. The molecule has 0 amide bonds. The number of H-pyrrole nitrogens is 1. The number of carbonyl (C=O) groups is 1. The number of oxazole rings is 1. The van der Waals surface area contributed by atoms with E-state index in [9.17, 15) is 9.59 Å². The first kappa shape index (κ1) is 20.4. The Morgan fingerprint density at radius 2 is 1.94 bits per heavy atom. The molecule has 2 heterocycles. The number of aromatic nitrogens is 2. The van der Waals surface area contributed by atoms with Crippen LogP contribution < -0.4 is 10.2 Å². The third-order valence-corrected chi connectivity index (χ3v) is 5.19. The fourth-order valence-corrected chi connectivity index (χ4v) is 3.53. The number of hydrogen-bond donors (Lipinski definition) is 1. The van der Waals surface area contributed by atoms with E-state index in [1.807, 2.05) is 24.3 Å². The Morgan fingerprint density at radius 3 is 2.61 bits per heavy atom. The van der Waals surface area contributed by atoms with Crippen LogP contribution in [0.4, 0.5) is 0 Å². The smallest absolute Gasteiger partial charge is 0.305 e. The Hall–Kier alpha value is -3.87. The van der Waals surface area contributed by atoms with Gasteiger partial charge in [0.15, 0.2) is 17.6 Å². The number of hydrogen-bond acceptors (Lipinski definition) is 6. The molecule has 0 saturated heterocycles. The Kier molecular flexibility index (Phi) is 5.84. The zero-order chi connectivity index (χ0) is 21.8. The maximum absolute atomic E-state index is 12.8. The first-order valence-electron chi connectivity index (χ1n) is 9.89. The third kappa shape index (κ3) is 4.35. The average molecular weight is 418 g/mol. The third-order valence-electron chi connectivity index (χ3n) is 5.19. The molecule has 31 heavy (non-hydrogen) atoms. The molecule has 2 aromatic carbocycles. The quantitative estimate of drug-likeness (QED) is 0.448. The van der Waals surface area contributed by atoms with Crippen LogP contribution in [0, 0.1) is 0 Å². The van der Waals surface area contributed by atoms with Crippen LogP contribution in [-0.2, 0) is 16.0 Å². The average Bonchev–Trinajstić information content (AvgIpc) is 3.33. The first-order valence-corrected chi connectivity index (χ1v) is 9.89. The maximum atomic E-state index is 12.8. The summed E-state index contributed by atoms with van der Waals surface area (Å²) in [5, 5.41) is 0.537. The fraction of sp³-hybridized carbons (Fsp3) is 0.208. The molecule has 4 aromatic rings. The van der Waals surface area contributed by atoms with Crippen molar-refractivity contribution >= 4 is 16.9 Å². The van der Waals surface area contributed by atoms with Crippen LogP contribution in [0.25, 0.3) is 33.5 Å². The van der Waals surface area contributed by atoms with Crippen LogP contribution >= 0.6 is 0 Å². The number of rotatable bonds is 7. The fourth-order valence-electron chi connectivity index (χ4n) is 3.53. The second-order valence-corrected chi connectivity index (χ2v) is 7.14. The number of esters is 1. The van der Waals surface area contributed by atoms with Crippen LogP contribution in [0.3, 0.4) is 0 Å². The highest BCUT2D eigenvalue weighted by molar-refractivity contribution is 5.88. The molecule has 0 saturated carbocycles. The standard InChI is InChI=1S/C24H22N2O5/c1-29-22-12-20-17(10-18(22)23-13-25-14-31-23)21(27)11-19(26-20)16-8-6-15(7-9-16)4-3-5-24(28)30-2/h6-14H,3-5H2,1-2H3,(H,26,27). The van der Waals surface area contributed by atoms with Gasteiger partial charge in [0.25, 0.3) is 0 Å². The van der Waals surface area contributed by atoms with E-state index in [4.69, 9.17) is 9.15 Å². The molecule has 1 N–H and O–H groups in total. The molecule has 4 rings (SSSR count). The molecule has 0 fully saturated rings. The van der Waals surface area contributed by atoms with Crippen molar-refractivity contribution in [2.45, 2.75) is 19.3 Å². The summed E-state index contributed by atoms with van der Waals surface area (Å²) in [5.41, 5.74) is 3.97. The summed E-state index contributed by atoms with van der Waals surface area (Å²) in [5.74, 6) is 0.912. The SMILES string of the molecule is COC(=O)CCCc1ccc(-c2cc(=O)c3cc(-c4cnco4)c(OC)cc3[nH]2)cc1. The van der Waals surface area contributed by atoms with E-state index >= 15 is 0 Å². The summed E-state index contributed by atoms with van der Waals surface area (Å²) in [6.07, 6.45) is 4.83. The lowest BCUT2D eigenvalue weighted by molar-refractivity contribution is -0.140. The molecule has 0 aliphatic carbocycles. The van der Waals surface area contributed by atoms with Crippen molar-refractivity contribution in [3.05, 3.63) is 70.8 Å². The molecule has 0 unspecified atom stereocenters. The van der Waals surface area contributed by atoms with Crippen molar-refractivity contribution in [3.8, 4) is 28.3 Å². The van der Waals surface area contributed by atoms with Gasteiger partial charge in [0.2, 0.25) is 0 Å². The van der Waals surface area contributed by atoms with Gasteiger partial charge in [-0.2, -0.15) is 0 Å². The van der Waals surface area contributed by atoms with Gasteiger partial charge in [0, 0.05) is 29.6 Å². The monoisotopic (exact) mass is 418 g/mol. The molecule has 0 radical (unpaired) electrons. The summed E-state index contributed by atoms with van der Waals surface area (Å²) >= 11 is 0. The lowest BCUT2D eigenvalue weighted by Gasteiger charge is -2.10. The van der Waals surface area contributed by atoms with Gasteiger partial charge in [-0.3, -0.25) is 9.59 Å². The number of fused-ring (bicyclic) bond motifs is 1. The number of aromatic amines is 1. The molecule has 0 atom stereocenters. The number of nitrogens with one attached hydrogen (secondary N) is 1. The molecule has 7 nitrogen and oxygen atoms in total. The number of nitrogens with zero attached hydrogens (tertiary/aromatic N) is 1. The van der Waals surface area contributed by atoms with Gasteiger partial charge >= 0.3 is 5.97 Å². The summed E-state index contributed by atoms with van der Waals surface area (Å²) < 4.78 is 15.5. The Labute approximate surface area is 178 Å². The number of methoxy groups -OCH3 is 2. The van der Waals surface area contributed by atoms with Crippen LogP contribution in [0.5, 0.6) is 5.75 Å². The maximum Gasteiger partial charge on any atom is 0.305 e. The van der Waals surface area contributed by atoms with E-state index in [1.54, 1.807) is 31.5 Å². The molecule has 158 valence electrons. The molecule has 2 aromatic heterocycles. The van der Waals surface area contributed by atoms with Crippen molar-refractivity contribution in [1.29, 1.82) is 0 Å². The number of carbonyl (C=O) groups excluding carboxylic acids is 1. The number of pyridine rings is 1. The summed E-state index contributed by atoms with van der Waals surface area (Å²) in [6, 6.07) is 13.1. The van der Waals surface area contributed by atoms with Crippen molar-refractivity contribution in [2.24, 2.45) is 0 Å². The van der Waals surface area contributed by atoms with Crippen LogP contribution in [-0.4, -0.2) is 30.2 Å². The van der Waals surface area contributed by atoms with E-state index in [2.05, 4.69) is 14.7 Å². The second kappa shape index (κ2) is 8.87. The number of aryl methyl sites for hydroxylation is 1. The molecule has 0 spiro atoms. The second-order valence-electron chi connectivity index (χ2n) is 7.14. The zero-order valence-electron chi connectivity index (χ0n) is 17.3.